The highest BCUT2D eigenvalue weighted by atomic mass is 32.2. The van der Waals surface area contributed by atoms with Crippen LogP contribution in [-0.2, 0) is 5.75 Å². The number of hydrogen-bond donors (Lipinski definition) is 1. The van der Waals surface area contributed by atoms with Gasteiger partial charge < -0.3 is 10.1 Å². The van der Waals surface area contributed by atoms with Crippen LogP contribution in [0.25, 0.3) is 0 Å². The van der Waals surface area contributed by atoms with Crippen molar-refractivity contribution in [1.82, 2.24) is 5.32 Å². The van der Waals surface area contributed by atoms with Gasteiger partial charge in [0.05, 0.1) is 6.61 Å². The first-order valence-corrected chi connectivity index (χ1v) is 8.45. The van der Waals surface area contributed by atoms with Crippen molar-refractivity contribution < 1.29 is 4.74 Å². The molecule has 1 aromatic carbocycles. The second-order valence-electron chi connectivity index (χ2n) is 4.98. The fourth-order valence-electron chi connectivity index (χ4n) is 2.64. The molecule has 3 heteroatoms. The van der Waals surface area contributed by atoms with E-state index in [0.717, 1.165) is 24.7 Å². The molecular formula is C16H25NOS. The highest BCUT2D eigenvalue weighted by Gasteiger charge is 2.28. The first-order valence-electron chi connectivity index (χ1n) is 7.40. The maximum Gasteiger partial charge on any atom is 0.119 e. The molecule has 0 bridgehead atoms. The van der Waals surface area contributed by atoms with Gasteiger partial charge >= 0.3 is 0 Å². The summed E-state index contributed by atoms with van der Waals surface area (Å²) in [6.07, 6.45) is 2.39. The summed E-state index contributed by atoms with van der Waals surface area (Å²) in [5, 5.41) is 4.40. The van der Waals surface area contributed by atoms with Crippen molar-refractivity contribution in [1.29, 1.82) is 0 Å². The van der Waals surface area contributed by atoms with Gasteiger partial charge in [0.15, 0.2) is 0 Å². The molecule has 19 heavy (non-hydrogen) atoms. The number of rotatable bonds is 6. The lowest BCUT2D eigenvalue weighted by Gasteiger charge is -2.33. The van der Waals surface area contributed by atoms with Crippen molar-refractivity contribution in [2.45, 2.75) is 50.7 Å². The topological polar surface area (TPSA) is 21.3 Å². The second-order valence-corrected chi connectivity index (χ2v) is 6.21. The summed E-state index contributed by atoms with van der Waals surface area (Å²) < 4.78 is 5.66. The Balaban J connectivity index is 2.26. The summed E-state index contributed by atoms with van der Waals surface area (Å²) in [5.41, 5.74) is 2.91. The van der Waals surface area contributed by atoms with E-state index in [0.29, 0.717) is 11.3 Å². The molecular weight excluding hydrogens is 254 g/mol. The zero-order valence-electron chi connectivity index (χ0n) is 12.2. The van der Waals surface area contributed by atoms with Crippen LogP contribution in [0.2, 0.25) is 0 Å². The highest BCUT2D eigenvalue weighted by molar-refractivity contribution is 7.99. The lowest BCUT2D eigenvalue weighted by Crippen LogP contribution is -2.33. The second kappa shape index (κ2) is 7.20. The van der Waals surface area contributed by atoms with E-state index >= 15 is 0 Å². The molecule has 2 unspecified atom stereocenters. The number of hydrogen-bond acceptors (Lipinski definition) is 3. The summed E-state index contributed by atoms with van der Waals surface area (Å²) in [6.45, 7) is 8.37. The summed E-state index contributed by atoms with van der Waals surface area (Å²) >= 11 is 2.08. The van der Waals surface area contributed by atoms with Gasteiger partial charge in [-0.2, -0.15) is 11.8 Å². The van der Waals surface area contributed by atoms with Crippen LogP contribution in [0.4, 0.5) is 0 Å². The Hall–Kier alpha value is -0.670. The predicted octanol–water partition coefficient (Wildman–Crippen LogP) is 4.15. The molecule has 0 aliphatic carbocycles. The molecule has 0 saturated carbocycles. The lowest BCUT2D eigenvalue weighted by atomic mass is 9.96. The van der Waals surface area contributed by atoms with Crippen LogP contribution >= 0.6 is 11.8 Å². The molecule has 0 aromatic heterocycles. The van der Waals surface area contributed by atoms with Crippen molar-refractivity contribution in [2.75, 3.05) is 13.2 Å². The molecule has 2 rings (SSSR count). The summed E-state index contributed by atoms with van der Waals surface area (Å²) in [6, 6.07) is 7.06. The normalized spacial score (nSPS) is 22.1. The van der Waals surface area contributed by atoms with E-state index in [4.69, 9.17) is 4.74 Å². The van der Waals surface area contributed by atoms with E-state index in [1.165, 1.54) is 24.0 Å². The van der Waals surface area contributed by atoms with Gasteiger partial charge in [0.2, 0.25) is 0 Å². The Bertz CT molecular complexity index is 408. The molecule has 1 heterocycles. The molecule has 1 aliphatic heterocycles. The Morgan fingerprint density at radius 1 is 1.32 bits per heavy atom. The quantitative estimate of drug-likeness (QED) is 0.845. The minimum Gasteiger partial charge on any atom is -0.494 e. The Morgan fingerprint density at radius 2 is 2.16 bits per heavy atom. The molecule has 0 saturated heterocycles. The number of ether oxygens (including phenoxy) is 1. The van der Waals surface area contributed by atoms with Crippen molar-refractivity contribution in [3.05, 3.63) is 29.3 Å². The Labute approximate surface area is 121 Å². The van der Waals surface area contributed by atoms with Crippen LogP contribution in [0.1, 0.15) is 50.8 Å². The van der Waals surface area contributed by atoms with Gasteiger partial charge in [-0.15, -0.1) is 0 Å². The van der Waals surface area contributed by atoms with E-state index in [1.807, 2.05) is 6.92 Å². The SMILES string of the molecule is CCCNC1c2cc(OCC)ccc2CSC1CC. The molecule has 1 N–H and O–H groups in total. The number of benzene rings is 1. The van der Waals surface area contributed by atoms with Gasteiger partial charge in [-0.05, 0) is 49.6 Å². The van der Waals surface area contributed by atoms with E-state index in [2.05, 4.69) is 49.1 Å². The average Bonchev–Trinajstić information content (AvgIpc) is 2.45. The van der Waals surface area contributed by atoms with Crippen LogP contribution in [0, 0.1) is 0 Å². The predicted molar refractivity (Wildman–Crippen MR) is 84.0 cm³/mol. The zero-order valence-corrected chi connectivity index (χ0v) is 13.1. The molecule has 106 valence electrons. The molecule has 0 radical (unpaired) electrons. The molecule has 0 amide bonds. The zero-order chi connectivity index (χ0) is 13.7. The highest BCUT2D eigenvalue weighted by Crippen LogP contribution is 2.40. The van der Waals surface area contributed by atoms with E-state index in [9.17, 15) is 0 Å². The third kappa shape index (κ3) is 3.46. The van der Waals surface area contributed by atoms with Gasteiger partial charge in [0.1, 0.15) is 5.75 Å². The molecule has 0 spiro atoms. The molecule has 0 fully saturated rings. The Morgan fingerprint density at radius 3 is 2.84 bits per heavy atom. The molecule has 1 aliphatic rings. The third-order valence-electron chi connectivity index (χ3n) is 3.60. The summed E-state index contributed by atoms with van der Waals surface area (Å²) in [5.74, 6) is 2.14. The van der Waals surface area contributed by atoms with Crippen LogP contribution in [0.3, 0.4) is 0 Å². The van der Waals surface area contributed by atoms with Crippen LogP contribution < -0.4 is 10.1 Å². The van der Waals surface area contributed by atoms with E-state index in [-0.39, 0.29) is 0 Å². The fraction of sp³-hybridized carbons (Fsp3) is 0.625. The fourth-order valence-corrected chi connectivity index (χ4v) is 3.97. The van der Waals surface area contributed by atoms with Gasteiger partial charge in [-0.25, -0.2) is 0 Å². The number of thioether (sulfide) groups is 1. The minimum atomic E-state index is 0.471. The maximum absolute atomic E-state index is 5.66. The standard InChI is InChI=1S/C16H25NOS/c1-4-9-17-16-14-10-13(18-6-3)8-7-12(14)11-19-15(16)5-2/h7-8,10,15-17H,4-6,9,11H2,1-3H3. The Kier molecular flexibility index (Phi) is 5.59. The average molecular weight is 279 g/mol. The van der Waals surface area contributed by atoms with Crippen molar-refractivity contribution in [3.63, 3.8) is 0 Å². The first kappa shape index (κ1) is 14.7. The lowest BCUT2D eigenvalue weighted by molar-refractivity contribution is 0.339. The van der Waals surface area contributed by atoms with Crippen LogP contribution in [0.5, 0.6) is 5.75 Å². The third-order valence-corrected chi connectivity index (χ3v) is 5.12. The van der Waals surface area contributed by atoms with Crippen LogP contribution in [-0.4, -0.2) is 18.4 Å². The van der Waals surface area contributed by atoms with Gasteiger partial charge in [0, 0.05) is 17.0 Å². The van der Waals surface area contributed by atoms with Crippen molar-refractivity contribution in [2.24, 2.45) is 0 Å². The van der Waals surface area contributed by atoms with E-state index < -0.39 is 0 Å². The van der Waals surface area contributed by atoms with E-state index in [1.54, 1.807) is 0 Å². The molecule has 2 nitrogen and oxygen atoms in total. The summed E-state index contributed by atoms with van der Waals surface area (Å²) in [7, 11) is 0. The summed E-state index contributed by atoms with van der Waals surface area (Å²) in [4.78, 5) is 0. The minimum absolute atomic E-state index is 0.471. The largest absolute Gasteiger partial charge is 0.494 e. The monoisotopic (exact) mass is 279 g/mol. The smallest absolute Gasteiger partial charge is 0.119 e. The van der Waals surface area contributed by atoms with Gasteiger partial charge in [-0.3, -0.25) is 0 Å². The van der Waals surface area contributed by atoms with Gasteiger partial charge in [0.25, 0.3) is 0 Å². The molecule has 2 atom stereocenters. The number of fused-ring (bicyclic) bond motifs is 1. The van der Waals surface area contributed by atoms with Crippen molar-refractivity contribution >= 4 is 11.8 Å². The maximum atomic E-state index is 5.66. The van der Waals surface area contributed by atoms with Crippen molar-refractivity contribution in [3.8, 4) is 5.75 Å². The van der Waals surface area contributed by atoms with Gasteiger partial charge in [-0.1, -0.05) is 19.9 Å². The first-order chi connectivity index (χ1) is 9.30. The number of nitrogens with one attached hydrogen (secondary N) is 1. The molecule has 1 aromatic rings. The van der Waals surface area contributed by atoms with Crippen LogP contribution in [0.15, 0.2) is 18.2 Å².